The number of nitrogens with zero attached hydrogens (tertiary/aromatic N) is 2. The highest BCUT2D eigenvalue weighted by Crippen LogP contribution is 2.38. The topological polar surface area (TPSA) is 41.6 Å². The number of nitrogens with one attached hydrogen (secondary N) is 1. The van der Waals surface area contributed by atoms with Crippen LogP contribution in [0.25, 0.3) is 21.3 Å². The Morgan fingerprint density at radius 1 is 1.26 bits per heavy atom. The Morgan fingerprint density at radius 3 is 2.68 bits per heavy atom. The van der Waals surface area contributed by atoms with Gasteiger partial charge in [-0.1, -0.05) is 0 Å². The molecule has 98 valence electrons. The summed E-state index contributed by atoms with van der Waals surface area (Å²) >= 11 is 1.32. The summed E-state index contributed by atoms with van der Waals surface area (Å²) in [5.41, 5.74) is 2.53. The van der Waals surface area contributed by atoms with Crippen molar-refractivity contribution in [2.75, 3.05) is 0 Å². The molecule has 19 heavy (non-hydrogen) atoms. The molecule has 0 aliphatic heterocycles. The molecule has 1 N–H and O–H groups in total. The second-order valence-corrected chi connectivity index (χ2v) is 4.97. The van der Waals surface area contributed by atoms with Crippen LogP contribution >= 0.6 is 11.3 Å². The number of H-pyrrole nitrogens is 1. The van der Waals surface area contributed by atoms with Gasteiger partial charge in [-0.15, -0.1) is 11.3 Å². The third kappa shape index (κ3) is 1.99. The number of alkyl halides is 3. The SMILES string of the molecule is Cc1ncsc1-c1cc(C(F)(F)F)cc2[nH]ncc12. The van der Waals surface area contributed by atoms with Gasteiger partial charge in [0.2, 0.25) is 0 Å². The highest BCUT2D eigenvalue weighted by atomic mass is 32.1. The van der Waals surface area contributed by atoms with Gasteiger partial charge in [-0.05, 0) is 19.1 Å². The molecule has 1 aromatic carbocycles. The van der Waals surface area contributed by atoms with E-state index in [2.05, 4.69) is 15.2 Å². The van der Waals surface area contributed by atoms with E-state index in [0.717, 1.165) is 17.0 Å². The first-order valence-electron chi connectivity index (χ1n) is 5.41. The Bertz CT molecular complexity index is 742. The first-order chi connectivity index (χ1) is 8.97. The van der Waals surface area contributed by atoms with Crippen molar-refractivity contribution in [2.45, 2.75) is 13.1 Å². The number of aromatic amines is 1. The first kappa shape index (κ1) is 12.2. The summed E-state index contributed by atoms with van der Waals surface area (Å²) < 4.78 is 38.7. The summed E-state index contributed by atoms with van der Waals surface area (Å²) in [6.45, 7) is 1.78. The lowest BCUT2D eigenvalue weighted by Gasteiger charge is -2.09. The van der Waals surface area contributed by atoms with Gasteiger partial charge in [-0.3, -0.25) is 5.10 Å². The fourth-order valence-electron chi connectivity index (χ4n) is 1.96. The molecule has 3 aromatic rings. The van der Waals surface area contributed by atoms with E-state index >= 15 is 0 Å². The fourth-order valence-corrected chi connectivity index (χ4v) is 2.80. The summed E-state index contributed by atoms with van der Waals surface area (Å²) in [5.74, 6) is 0. The zero-order valence-corrected chi connectivity index (χ0v) is 10.6. The number of hydrogen-bond donors (Lipinski definition) is 1. The lowest BCUT2D eigenvalue weighted by molar-refractivity contribution is -0.137. The van der Waals surface area contributed by atoms with Crippen molar-refractivity contribution in [1.82, 2.24) is 15.2 Å². The maximum absolute atomic E-state index is 12.9. The smallest absolute Gasteiger partial charge is 0.278 e. The molecule has 0 fully saturated rings. The molecule has 0 aliphatic carbocycles. The Labute approximate surface area is 110 Å². The van der Waals surface area contributed by atoms with Crippen molar-refractivity contribution in [3.05, 3.63) is 35.1 Å². The van der Waals surface area contributed by atoms with E-state index in [4.69, 9.17) is 0 Å². The highest BCUT2D eigenvalue weighted by Gasteiger charge is 2.32. The zero-order valence-electron chi connectivity index (χ0n) is 9.75. The fraction of sp³-hybridized carbons (Fsp3) is 0.167. The summed E-state index contributed by atoms with van der Waals surface area (Å²) in [4.78, 5) is 4.82. The maximum atomic E-state index is 12.9. The van der Waals surface area contributed by atoms with Gasteiger partial charge in [0.15, 0.2) is 0 Å². The molecule has 3 rings (SSSR count). The molecule has 0 radical (unpaired) electrons. The average molecular weight is 283 g/mol. The molecule has 0 saturated heterocycles. The van der Waals surface area contributed by atoms with Crippen LogP contribution in [0.5, 0.6) is 0 Å². The minimum Gasteiger partial charge on any atom is -0.278 e. The number of aryl methyl sites for hydroxylation is 1. The highest BCUT2D eigenvalue weighted by molar-refractivity contribution is 7.13. The standard InChI is InChI=1S/C12H8F3N3S/c1-6-11(19-5-16-6)8-2-7(12(13,14)15)3-10-9(8)4-17-18-10/h2-5H,1H3,(H,17,18). The van der Waals surface area contributed by atoms with Gasteiger partial charge in [0.05, 0.1) is 33.4 Å². The lowest BCUT2D eigenvalue weighted by atomic mass is 10.0. The van der Waals surface area contributed by atoms with E-state index in [9.17, 15) is 13.2 Å². The van der Waals surface area contributed by atoms with Gasteiger partial charge in [0, 0.05) is 10.9 Å². The molecule has 0 spiro atoms. The Kier molecular flexibility index (Phi) is 2.60. The van der Waals surface area contributed by atoms with Crippen LogP contribution in [-0.4, -0.2) is 15.2 Å². The molecule has 0 bridgehead atoms. The van der Waals surface area contributed by atoms with Gasteiger partial charge < -0.3 is 0 Å². The number of benzene rings is 1. The molecule has 0 atom stereocenters. The predicted octanol–water partition coefficient (Wildman–Crippen LogP) is 4.01. The van der Waals surface area contributed by atoms with Gasteiger partial charge >= 0.3 is 6.18 Å². The summed E-state index contributed by atoms with van der Waals surface area (Å²) in [7, 11) is 0. The number of halogens is 3. The van der Waals surface area contributed by atoms with Gasteiger partial charge in [-0.25, -0.2) is 4.98 Å². The quantitative estimate of drug-likeness (QED) is 0.733. The largest absolute Gasteiger partial charge is 0.416 e. The first-order valence-corrected chi connectivity index (χ1v) is 6.29. The van der Waals surface area contributed by atoms with Crippen molar-refractivity contribution in [1.29, 1.82) is 0 Å². The van der Waals surface area contributed by atoms with Gasteiger partial charge in [-0.2, -0.15) is 18.3 Å². The number of hydrogen-bond acceptors (Lipinski definition) is 3. The summed E-state index contributed by atoms with van der Waals surface area (Å²) in [6, 6.07) is 2.22. The van der Waals surface area contributed by atoms with Crippen LogP contribution in [0.15, 0.2) is 23.8 Å². The number of aromatic nitrogens is 3. The van der Waals surface area contributed by atoms with Crippen LogP contribution in [-0.2, 0) is 6.18 Å². The minimum absolute atomic E-state index is 0.373. The van der Waals surface area contributed by atoms with E-state index in [-0.39, 0.29) is 0 Å². The second-order valence-electron chi connectivity index (χ2n) is 4.12. The van der Waals surface area contributed by atoms with E-state index in [1.807, 2.05) is 0 Å². The average Bonchev–Trinajstić information content (AvgIpc) is 2.94. The summed E-state index contributed by atoms with van der Waals surface area (Å²) in [5, 5.41) is 7.07. The molecule has 0 saturated carbocycles. The zero-order chi connectivity index (χ0) is 13.6. The number of thiazole rings is 1. The summed E-state index contributed by atoms with van der Waals surface area (Å²) in [6.07, 6.45) is -2.85. The molecular weight excluding hydrogens is 275 g/mol. The van der Waals surface area contributed by atoms with Crippen molar-refractivity contribution >= 4 is 22.2 Å². The van der Waals surface area contributed by atoms with E-state index in [1.54, 1.807) is 12.4 Å². The normalized spacial score (nSPS) is 12.2. The number of rotatable bonds is 1. The van der Waals surface area contributed by atoms with Crippen LogP contribution in [0, 0.1) is 6.92 Å². The Balaban J connectivity index is 2.34. The molecule has 0 amide bonds. The molecular formula is C12H8F3N3S. The van der Waals surface area contributed by atoms with Crippen LogP contribution in [0.2, 0.25) is 0 Å². The maximum Gasteiger partial charge on any atom is 0.416 e. The van der Waals surface area contributed by atoms with Crippen molar-refractivity contribution in [2.24, 2.45) is 0 Å². The van der Waals surface area contributed by atoms with Gasteiger partial charge in [0.25, 0.3) is 0 Å². The third-order valence-corrected chi connectivity index (χ3v) is 3.84. The second kappa shape index (κ2) is 4.06. The van der Waals surface area contributed by atoms with Crippen LogP contribution < -0.4 is 0 Å². The van der Waals surface area contributed by atoms with Crippen LogP contribution in [0.4, 0.5) is 13.2 Å². The van der Waals surface area contributed by atoms with Crippen molar-refractivity contribution in [3.8, 4) is 10.4 Å². The number of fused-ring (bicyclic) bond motifs is 1. The molecule has 3 nitrogen and oxygen atoms in total. The van der Waals surface area contributed by atoms with Crippen molar-refractivity contribution in [3.63, 3.8) is 0 Å². The predicted molar refractivity (Wildman–Crippen MR) is 66.9 cm³/mol. The van der Waals surface area contributed by atoms with Gasteiger partial charge in [0.1, 0.15) is 0 Å². The lowest BCUT2D eigenvalue weighted by Crippen LogP contribution is -2.05. The minimum atomic E-state index is -4.38. The van der Waals surface area contributed by atoms with Crippen LogP contribution in [0.1, 0.15) is 11.3 Å². The molecule has 0 aliphatic rings. The van der Waals surface area contributed by atoms with Crippen molar-refractivity contribution < 1.29 is 13.2 Å². The molecule has 0 unspecified atom stereocenters. The molecule has 7 heteroatoms. The van der Waals surface area contributed by atoms with E-state index in [0.29, 0.717) is 22.2 Å². The molecule has 2 aromatic heterocycles. The molecule has 2 heterocycles. The monoisotopic (exact) mass is 283 g/mol. The Morgan fingerprint density at radius 2 is 2.05 bits per heavy atom. The Hall–Kier alpha value is -1.89. The van der Waals surface area contributed by atoms with E-state index < -0.39 is 11.7 Å². The third-order valence-electron chi connectivity index (χ3n) is 2.88. The van der Waals surface area contributed by atoms with Crippen LogP contribution in [0.3, 0.4) is 0 Å². The van der Waals surface area contributed by atoms with E-state index in [1.165, 1.54) is 17.5 Å².